The second kappa shape index (κ2) is 5.84. The van der Waals surface area contributed by atoms with Gasteiger partial charge in [0.2, 0.25) is 0 Å². The van der Waals surface area contributed by atoms with Crippen molar-refractivity contribution < 1.29 is 0 Å². The van der Waals surface area contributed by atoms with Crippen molar-refractivity contribution in [1.82, 2.24) is 4.90 Å². The number of benzene rings is 1. The minimum Gasteiger partial charge on any atom is -0.398 e. The summed E-state index contributed by atoms with van der Waals surface area (Å²) in [6.07, 6.45) is 2.63. The van der Waals surface area contributed by atoms with E-state index in [2.05, 4.69) is 53.7 Å². The molecule has 0 aromatic heterocycles. The molecule has 0 spiro atoms. The molecule has 0 aliphatic carbocycles. The van der Waals surface area contributed by atoms with E-state index in [4.69, 9.17) is 5.73 Å². The summed E-state index contributed by atoms with van der Waals surface area (Å²) in [5.74, 6) is 0.860. The third-order valence-corrected chi connectivity index (χ3v) is 5.00. The Morgan fingerprint density at radius 1 is 1.26 bits per heavy atom. The third-order valence-electron chi connectivity index (χ3n) is 4.28. The minimum absolute atomic E-state index is 0.453. The smallest absolute Gasteiger partial charge is 0.0461 e. The largest absolute Gasteiger partial charge is 0.398 e. The summed E-state index contributed by atoms with van der Waals surface area (Å²) in [6, 6.07) is 6.29. The van der Waals surface area contributed by atoms with Crippen molar-refractivity contribution in [3.8, 4) is 0 Å². The molecule has 1 aromatic rings. The van der Waals surface area contributed by atoms with Crippen LogP contribution in [0.5, 0.6) is 0 Å². The fourth-order valence-electron chi connectivity index (χ4n) is 2.91. The quantitative estimate of drug-likeness (QED) is 0.822. The monoisotopic (exact) mass is 324 g/mol. The molecular formula is C16H25BrN2. The summed E-state index contributed by atoms with van der Waals surface area (Å²) < 4.78 is 0.989. The molecule has 1 fully saturated rings. The Kier molecular flexibility index (Phi) is 4.57. The van der Waals surface area contributed by atoms with Crippen LogP contribution in [0.3, 0.4) is 0 Å². The fraction of sp³-hybridized carbons (Fsp3) is 0.625. The van der Waals surface area contributed by atoms with Crippen LogP contribution in [-0.2, 0) is 6.54 Å². The first kappa shape index (κ1) is 14.9. The van der Waals surface area contributed by atoms with Gasteiger partial charge in [-0.15, -0.1) is 0 Å². The van der Waals surface area contributed by atoms with Crippen LogP contribution in [0.2, 0.25) is 0 Å². The summed E-state index contributed by atoms with van der Waals surface area (Å²) >= 11 is 3.45. The molecule has 3 heteroatoms. The highest BCUT2D eigenvalue weighted by Crippen LogP contribution is 2.34. The van der Waals surface area contributed by atoms with Crippen molar-refractivity contribution in [2.24, 2.45) is 11.3 Å². The summed E-state index contributed by atoms with van der Waals surface area (Å²) in [7, 11) is 0. The van der Waals surface area contributed by atoms with E-state index in [0.717, 1.165) is 22.6 Å². The zero-order valence-corrected chi connectivity index (χ0v) is 13.8. The van der Waals surface area contributed by atoms with Gasteiger partial charge in [-0.25, -0.2) is 0 Å². The number of nitrogens with two attached hydrogens (primary N) is 1. The Balaban J connectivity index is 1.90. The standard InChI is InChI=1S/C16H25BrN2/c1-16(2,3)13-6-8-19(9-7-13)11-12-4-5-14(17)15(18)10-12/h4-5,10,13H,6-9,11,18H2,1-3H3. The lowest BCUT2D eigenvalue weighted by Gasteiger charge is -2.38. The molecule has 1 saturated heterocycles. The van der Waals surface area contributed by atoms with Gasteiger partial charge >= 0.3 is 0 Å². The normalized spacial score (nSPS) is 18.7. The van der Waals surface area contributed by atoms with E-state index < -0.39 is 0 Å². The highest BCUT2D eigenvalue weighted by molar-refractivity contribution is 9.10. The first-order chi connectivity index (χ1) is 8.86. The topological polar surface area (TPSA) is 29.3 Å². The van der Waals surface area contributed by atoms with Crippen LogP contribution in [0.15, 0.2) is 22.7 Å². The molecule has 1 aliphatic rings. The van der Waals surface area contributed by atoms with Gasteiger partial charge in [0, 0.05) is 16.7 Å². The van der Waals surface area contributed by atoms with Crippen molar-refractivity contribution >= 4 is 21.6 Å². The van der Waals surface area contributed by atoms with Crippen molar-refractivity contribution in [3.63, 3.8) is 0 Å². The molecule has 1 aliphatic heterocycles. The Morgan fingerprint density at radius 2 is 1.89 bits per heavy atom. The van der Waals surface area contributed by atoms with Crippen molar-refractivity contribution in [3.05, 3.63) is 28.2 Å². The maximum absolute atomic E-state index is 5.94. The summed E-state index contributed by atoms with van der Waals surface area (Å²) in [6.45, 7) is 10.5. The maximum Gasteiger partial charge on any atom is 0.0461 e. The molecule has 106 valence electrons. The molecule has 1 aromatic carbocycles. The number of hydrogen-bond acceptors (Lipinski definition) is 2. The molecular weight excluding hydrogens is 300 g/mol. The van der Waals surface area contributed by atoms with Crippen LogP contribution in [0, 0.1) is 11.3 Å². The first-order valence-corrected chi connectivity index (χ1v) is 7.92. The number of rotatable bonds is 2. The lowest BCUT2D eigenvalue weighted by molar-refractivity contribution is 0.108. The van der Waals surface area contributed by atoms with Gasteiger partial charge in [0.15, 0.2) is 0 Å². The number of piperidine rings is 1. The number of nitrogens with zero attached hydrogens (tertiary/aromatic N) is 1. The molecule has 2 nitrogen and oxygen atoms in total. The van der Waals surface area contributed by atoms with Gasteiger partial charge in [-0.3, -0.25) is 4.90 Å². The summed E-state index contributed by atoms with van der Waals surface area (Å²) in [5.41, 5.74) is 8.54. The van der Waals surface area contributed by atoms with Gasteiger partial charge < -0.3 is 5.73 Å². The predicted molar refractivity (Wildman–Crippen MR) is 86.0 cm³/mol. The average Bonchev–Trinajstić information content (AvgIpc) is 2.33. The predicted octanol–water partition coefficient (Wildman–Crippen LogP) is 4.29. The van der Waals surface area contributed by atoms with E-state index in [1.54, 1.807) is 0 Å². The van der Waals surface area contributed by atoms with Crippen LogP contribution in [0.4, 0.5) is 5.69 Å². The van der Waals surface area contributed by atoms with E-state index >= 15 is 0 Å². The molecule has 2 N–H and O–H groups in total. The van der Waals surface area contributed by atoms with Crippen LogP contribution in [-0.4, -0.2) is 18.0 Å². The molecule has 0 bridgehead atoms. The second-order valence-electron chi connectivity index (χ2n) is 6.77. The van der Waals surface area contributed by atoms with Gasteiger partial charge in [-0.2, -0.15) is 0 Å². The third kappa shape index (κ3) is 3.96. The van der Waals surface area contributed by atoms with Crippen LogP contribution in [0.25, 0.3) is 0 Å². The Hall–Kier alpha value is -0.540. The number of hydrogen-bond donors (Lipinski definition) is 1. The Bertz CT molecular complexity index is 429. The van der Waals surface area contributed by atoms with E-state index in [1.165, 1.54) is 31.5 Å². The summed E-state index contributed by atoms with van der Waals surface area (Å²) in [5, 5.41) is 0. The van der Waals surface area contributed by atoms with Crippen LogP contribution in [0.1, 0.15) is 39.2 Å². The molecule has 2 rings (SSSR count). The van der Waals surface area contributed by atoms with Gasteiger partial charge in [-0.1, -0.05) is 26.8 Å². The molecule has 0 unspecified atom stereocenters. The molecule has 19 heavy (non-hydrogen) atoms. The van der Waals surface area contributed by atoms with Crippen molar-refractivity contribution in [1.29, 1.82) is 0 Å². The number of anilines is 1. The Labute approximate surface area is 125 Å². The molecule has 0 radical (unpaired) electrons. The van der Waals surface area contributed by atoms with Gasteiger partial charge in [0.25, 0.3) is 0 Å². The average molecular weight is 325 g/mol. The number of nitrogen functional groups attached to an aromatic ring is 1. The highest BCUT2D eigenvalue weighted by atomic mass is 79.9. The zero-order chi connectivity index (χ0) is 14.0. The molecule has 0 atom stereocenters. The van der Waals surface area contributed by atoms with Crippen LogP contribution >= 0.6 is 15.9 Å². The van der Waals surface area contributed by atoms with Crippen molar-refractivity contribution in [2.75, 3.05) is 18.8 Å². The minimum atomic E-state index is 0.453. The van der Waals surface area contributed by atoms with Gasteiger partial charge in [0.1, 0.15) is 0 Å². The van der Waals surface area contributed by atoms with E-state index in [9.17, 15) is 0 Å². The second-order valence-corrected chi connectivity index (χ2v) is 7.63. The number of likely N-dealkylation sites (tertiary alicyclic amines) is 1. The number of halogens is 1. The molecule has 1 heterocycles. The van der Waals surface area contributed by atoms with Crippen molar-refractivity contribution in [2.45, 2.75) is 40.2 Å². The maximum atomic E-state index is 5.94. The van der Waals surface area contributed by atoms with E-state index in [1.807, 2.05) is 6.07 Å². The SMILES string of the molecule is CC(C)(C)C1CCN(Cc2ccc(Br)c(N)c2)CC1. The summed E-state index contributed by atoms with van der Waals surface area (Å²) in [4.78, 5) is 2.55. The lowest BCUT2D eigenvalue weighted by Crippen LogP contribution is -2.37. The molecule has 0 amide bonds. The lowest BCUT2D eigenvalue weighted by atomic mass is 9.75. The highest BCUT2D eigenvalue weighted by Gasteiger charge is 2.28. The zero-order valence-electron chi connectivity index (χ0n) is 12.2. The Morgan fingerprint density at radius 3 is 2.42 bits per heavy atom. The fourth-order valence-corrected chi connectivity index (χ4v) is 3.15. The first-order valence-electron chi connectivity index (χ1n) is 7.12. The van der Waals surface area contributed by atoms with E-state index in [0.29, 0.717) is 5.41 Å². The molecule has 0 saturated carbocycles. The van der Waals surface area contributed by atoms with Crippen LogP contribution < -0.4 is 5.73 Å². The van der Waals surface area contributed by atoms with Gasteiger partial charge in [0.05, 0.1) is 0 Å². The van der Waals surface area contributed by atoms with E-state index in [-0.39, 0.29) is 0 Å². The van der Waals surface area contributed by atoms with Gasteiger partial charge in [-0.05, 0) is 70.9 Å².